The van der Waals surface area contributed by atoms with Crippen LogP contribution in [0.5, 0.6) is 0 Å². The van der Waals surface area contributed by atoms with E-state index in [0.717, 1.165) is 15.3 Å². The SMILES string of the molecule is CC(CS)Cn1c(=O)c([N+](=O)[O-])cn(C)c1=O. The fraction of sp³-hybridized carbons (Fsp3) is 0.556. The average Bonchev–Trinajstić information content (AvgIpc) is 2.28. The van der Waals surface area contributed by atoms with Gasteiger partial charge in [0.1, 0.15) is 0 Å². The van der Waals surface area contributed by atoms with E-state index in [1.807, 2.05) is 0 Å². The van der Waals surface area contributed by atoms with Gasteiger partial charge in [-0.15, -0.1) is 0 Å². The number of thiol groups is 1. The first-order valence-corrected chi connectivity index (χ1v) is 5.57. The molecule has 1 aromatic heterocycles. The molecule has 0 saturated carbocycles. The molecule has 0 aliphatic heterocycles. The molecular formula is C9H13N3O4S. The number of hydrogen-bond donors (Lipinski definition) is 1. The predicted octanol–water partition coefficient (Wildman–Crippen LogP) is 0.0211. The molecule has 7 nitrogen and oxygen atoms in total. The van der Waals surface area contributed by atoms with Crippen molar-refractivity contribution in [3.63, 3.8) is 0 Å². The summed E-state index contributed by atoms with van der Waals surface area (Å²) in [5.41, 5.74) is -2.03. The van der Waals surface area contributed by atoms with Crippen LogP contribution in [0, 0.1) is 16.0 Å². The van der Waals surface area contributed by atoms with E-state index in [9.17, 15) is 19.7 Å². The fourth-order valence-corrected chi connectivity index (χ4v) is 1.48. The number of aromatic nitrogens is 2. The highest BCUT2D eigenvalue weighted by atomic mass is 32.1. The van der Waals surface area contributed by atoms with Crippen LogP contribution < -0.4 is 11.2 Å². The number of hydrogen-bond acceptors (Lipinski definition) is 5. The Hall–Kier alpha value is -1.57. The molecule has 1 aromatic rings. The van der Waals surface area contributed by atoms with Gasteiger partial charge < -0.3 is 0 Å². The van der Waals surface area contributed by atoms with Crippen molar-refractivity contribution in [2.45, 2.75) is 13.5 Å². The van der Waals surface area contributed by atoms with Crippen LogP contribution >= 0.6 is 12.6 Å². The molecule has 0 aliphatic carbocycles. The maximum atomic E-state index is 11.7. The lowest BCUT2D eigenvalue weighted by atomic mass is 10.2. The zero-order valence-electron chi connectivity index (χ0n) is 9.49. The number of rotatable bonds is 4. The third kappa shape index (κ3) is 2.76. The van der Waals surface area contributed by atoms with Crippen molar-refractivity contribution in [2.75, 3.05) is 5.75 Å². The summed E-state index contributed by atoms with van der Waals surface area (Å²) in [7, 11) is 1.37. The third-order valence-corrected chi connectivity index (χ3v) is 2.94. The molecule has 1 atom stereocenters. The van der Waals surface area contributed by atoms with E-state index < -0.39 is 21.9 Å². The summed E-state index contributed by atoms with van der Waals surface area (Å²) in [6.07, 6.45) is 0.937. The Kier molecular flexibility index (Phi) is 4.11. The van der Waals surface area contributed by atoms with Crippen LogP contribution in [0.15, 0.2) is 15.8 Å². The molecule has 0 radical (unpaired) electrons. The predicted molar refractivity (Wildman–Crippen MR) is 65.6 cm³/mol. The molecule has 0 saturated heterocycles. The Morgan fingerprint density at radius 2 is 2.12 bits per heavy atom. The summed E-state index contributed by atoms with van der Waals surface area (Å²) >= 11 is 4.05. The van der Waals surface area contributed by atoms with Gasteiger partial charge >= 0.3 is 16.9 Å². The third-order valence-electron chi connectivity index (χ3n) is 2.32. The molecule has 0 bridgehead atoms. The molecule has 0 aliphatic rings. The smallest absolute Gasteiger partial charge is 0.297 e. The lowest BCUT2D eigenvalue weighted by molar-refractivity contribution is -0.387. The molecule has 17 heavy (non-hydrogen) atoms. The standard InChI is InChI=1S/C9H13N3O4S/c1-6(5-17)3-11-8(13)7(12(15)16)4-10(2)9(11)14/h4,6,17H,3,5H2,1-2H3. The second-order valence-electron chi connectivity index (χ2n) is 3.87. The van der Waals surface area contributed by atoms with Crippen LogP contribution in [-0.4, -0.2) is 19.8 Å². The van der Waals surface area contributed by atoms with E-state index in [2.05, 4.69) is 12.6 Å². The van der Waals surface area contributed by atoms with Crippen LogP contribution in [-0.2, 0) is 13.6 Å². The second-order valence-corrected chi connectivity index (χ2v) is 4.23. The van der Waals surface area contributed by atoms with Crippen LogP contribution in [0.25, 0.3) is 0 Å². The lowest BCUT2D eigenvalue weighted by Crippen LogP contribution is -2.40. The van der Waals surface area contributed by atoms with E-state index >= 15 is 0 Å². The first-order valence-electron chi connectivity index (χ1n) is 4.94. The first kappa shape index (κ1) is 13.5. The summed E-state index contributed by atoms with van der Waals surface area (Å²) < 4.78 is 1.91. The highest BCUT2D eigenvalue weighted by molar-refractivity contribution is 7.80. The molecule has 0 spiro atoms. The molecular weight excluding hydrogens is 246 g/mol. The molecule has 1 heterocycles. The Bertz CT molecular complexity index is 548. The zero-order chi connectivity index (χ0) is 13.2. The van der Waals surface area contributed by atoms with Crippen molar-refractivity contribution >= 4 is 18.3 Å². The molecule has 0 amide bonds. The second kappa shape index (κ2) is 5.17. The van der Waals surface area contributed by atoms with Crippen molar-refractivity contribution in [1.29, 1.82) is 0 Å². The minimum Gasteiger partial charge on any atom is -0.297 e. The van der Waals surface area contributed by atoms with Crippen molar-refractivity contribution < 1.29 is 4.92 Å². The Balaban J connectivity index is 3.43. The molecule has 0 fully saturated rings. The van der Waals surface area contributed by atoms with Crippen LogP contribution in [0.1, 0.15) is 6.92 Å². The molecule has 0 aromatic carbocycles. The number of aryl methyl sites for hydroxylation is 1. The lowest BCUT2D eigenvalue weighted by Gasteiger charge is -2.10. The monoisotopic (exact) mass is 259 g/mol. The van der Waals surface area contributed by atoms with Crippen LogP contribution in [0.3, 0.4) is 0 Å². The minimum absolute atomic E-state index is 0.0225. The van der Waals surface area contributed by atoms with Crippen molar-refractivity contribution in [3.8, 4) is 0 Å². The summed E-state index contributed by atoms with van der Waals surface area (Å²) in [6, 6.07) is 0. The van der Waals surface area contributed by atoms with Crippen LogP contribution in [0.2, 0.25) is 0 Å². The van der Waals surface area contributed by atoms with Gasteiger partial charge in [-0.25, -0.2) is 4.79 Å². The average molecular weight is 259 g/mol. The highest BCUT2D eigenvalue weighted by Crippen LogP contribution is 2.02. The van der Waals surface area contributed by atoms with Crippen LogP contribution in [0.4, 0.5) is 5.69 Å². The normalized spacial score (nSPS) is 12.4. The molecule has 1 rings (SSSR count). The van der Waals surface area contributed by atoms with E-state index in [1.54, 1.807) is 6.92 Å². The van der Waals surface area contributed by atoms with E-state index in [0.29, 0.717) is 5.75 Å². The fourth-order valence-electron chi connectivity index (χ4n) is 1.37. The maximum Gasteiger partial charge on any atom is 0.350 e. The number of nitro groups is 1. The Morgan fingerprint density at radius 3 is 2.59 bits per heavy atom. The summed E-state index contributed by atoms with van der Waals surface area (Å²) in [6.45, 7) is 1.92. The van der Waals surface area contributed by atoms with Crippen molar-refractivity contribution in [1.82, 2.24) is 9.13 Å². The number of nitrogens with zero attached hydrogens (tertiary/aromatic N) is 3. The molecule has 8 heteroatoms. The van der Waals surface area contributed by atoms with Gasteiger partial charge in [-0.05, 0) is 11.7 Å². The summed E-state index contributed by atoms with van der Waals surface area (Å²) in [5.74, 6) is 0.462. The first-order chi connectivity index (χ1) is 7.88. The Labute approximate surface area is 102 Å². The van der Waals surface area contributed by atoms with Crippen molar-refractivity contribution in [2.24, 2.45) is 13.0 Å². The van der Waals surface area contributed by atoms with Gasteiger partial charge in [0, 0.05) is 13.6 Å². The molecule has 1 unspecified atom stereocenters. The largest absolute Gasteiger partial charge is 0.350 e. The molecule has 94 valence electrons. The van der Waals surface area contributed by atoms with Gasteiger partial charge in [-0.1, -0.05) is 6.92 Å². The van der Waals surface area contributed by atoms with E-state index in [-0.39, 0.29) is 12.5 Å². The van der Waals surface area contributed by atoms with Crippen molar-refractivity contribution in [3.05, 3.63) is 37.1 Å². The quantitative estimate of drug-likeness (QED) is 0.469. The highest BCUT2D eigenvalue weighted by Gasteiger charge is 2.19. The van der Waals surface area contributed by atoms with Gasteiger partial charge in [-0.3, -0.25) is 24.0 Å². The van der Waals surface area contributed by atoms with Gasteiger partial charge in [0.2, 0.25) is 0 Å². The van der Waals surface area contributed by atoms with Gasteiger partial charge in [0.25, 0.3) is 0 Å². The zero-order valence-corrected chi connectivity index (χ0v) is 10.4. The summed E-state index contributed by atoms with van der Waals surface area (Å²) in [4.78, 5) is 33.3. The van der Waals surface area contributed by atoms with Gasteiger partial charge in [0.05, 0.1) is 11.1 Å². The Morgan fingerprint density at radius 1 is 1.53 bits per heavy atom. The van der Waals surface area contributed by atoms with E-state index in [4.69, 9.17) is 0 Å². The topological polar surface area (TPSA) is 87.1 Å². The van der Waals surface area contributed by atoms with E-state index in [1.165, 1.54) is 7.05 Å². The maximum absolute atomic E-state index is 11.7. The van der Waals surface area contributed by atoms with Gasteiger partial charge in [-0.2, -0.15) is 12.6 Å². The minimum atomic E-state index is -0.869. The summed E-state index contributed by atoms with van der Waals surface area (Å²) in [5, 5.41) is 10.7. The molecule has 0 N–H and O–H groups in total. The van der Waals surface area contributed by atoms with Gasteiger partial charge in [0.15, 0.2) is 0 Å².